The van der Waals surface area contributed by atoms with Crippen LogP contribution in [0.5, 0.6) is 5.75 Å². The minimum Gasteiger partial charge on any atom is -0.495 e. The molecule has 0 saturated heterocycles. The lowest BCUT2D eigenvalue weighted by Crippen LogP contribution is -2.19. The van der Waals surface area contributed by atoms with Gasteiger partial charge in [0.05, 0.1) is 12.8 Å². The first-order valence-electron chi connectivity index (χ1n) is 6.64. The van der Waals surface area contributed by atoms with E-state index in [0.29, 0.717) is 18.0 Å². The number of ether oxygens (including phenoxy) is 1. The predicted octanol–water partition coefficient (Wildman–Crippen LogP) is 3.11. The number of nitrogens with two attached hydrogens (primary N) is 1. The van der Waals surface area contributed by atoms with Crippen molar-refractivity contribution in [2.24, 2.45) is 5.73 Å². The summed E-state index contributed by atoms with van der Waals surface area (Å²) in [6, 6.07) is 12.7. The molecule has 0 aliphatic rings. The molecule has 110 valence electrons. The predicted molar refractivity (Wildman–Crippen MR) is 84.7 cm³/mol. The number of amides is 2. The monoisotopic (exact) mass is 285 g/mol. The van der Waals surface area contributed by atoms with Crippen molar-refractivity contribution in [2.75, 3.05) is 17.7 Å². The third-order valence-electron chi connectivity index (χ3n) is 3.06. The average molecular weight is 285 g/mol. The van der Waals surface area contributed by atoms with E-state index in [1.54, 1.807) is 13.2 Å². The molecule has 0 fully saturated rings. The van der Waals surface area contributed by atoms with Crippen LogP contribution >= 0.6 is 0 Å². The van der Waals surface area contributed by atoms with E-state index in [1.165, 1.54) is 0 Å². The number of anilines is 2. The number of hydrogen-bond donors (Lipinski definition) is 3. The second-order valence-electron chi connectivity index (χ2n) is 4.68. The van der Waals surface area contributed by atoms with Gasteiger partial charge < -0.3 is 21.1 Å². The number of nitrogens with one attached hydrogen (secondary N) is 2. The zero-order valence-electron chi connectivity index (χ0n) is 12.1. The molecule has 0 heterocycles. The molecular weight excluding hydrogens is 266 g/mol. The third-order valence-corrected chi connectivity index (χ3v) is 3.06. The van der Waals surface area contributed by atoms with E-state index < -0.39 is 0 Å². The lowest BCUT2D eigenvalue weighted by Gasteiger charge is -2.12. The SMILES string of the molecule is COc1cc(CN)ccc1NC(=O)Nc1ccc(C)cc1. The highest BCUT2D eigenvalue weighted by atomic mass is 16.5. The van der Waals surface area contributed by atoms with E-state index in [4.69, 9.17) is 10.5 Å². The second kappa shape index (κ2) is 6.76. The summed E-state index contributed by atoms with van der Waals surface area (Å²) in [6.45, 7) is 2.42. The molecule has 0 aliphatic heterocycles. The van der Waals surface area contributed by atoms with Gasteiger partial charge in [-0.1, -0.05) is 23.8 Å². The molecule has 4 N–H and O–H groups in total. The van der Waals surface area contributed by atoms with Gasteiger partial charge in [-0.15, -0.1) is 0 Å². The average Bonchev–Trinajstić information content (AvgIpc) is 2.50. The van der Waals surface area contributed by atoms with Gasteiger partial charge in [0.2, 0.25) is 0 Å². The van der Waals surface area contributed by atoms with Gasteiger partial charge in [-0.25, -0.2) is 4.79 Å². The van der Waals surface area contributed by atoms with Crippen molar-refractivity contribution in [1.29, 1.82) is 0 Å². The molecule has 5 heteroatoms. The summed E-state index contributed by atoms with van der Waals surface area (Å²) in [5, 5.41) is 5.53. The maximum Gasteiger partial charge on any atom is 0.323 e. The Hall–Kier alpha value is -2.53. The van der Waals surface area contributed by atoms with Crippen LogP contribution in [-0.2, 0) is 6.54 Å². The lowest BCUT2D eigenvalue weighted by atomic mass is 10.2. The molecule has 2 aromatic rings. The summed E-state index contributed by atoms with van der Waals surface area (Å²) < 4.78 is 5.26. The Balaban J connectivity index is 2.07. The zero-order valence-corrected chi connectivity index (χ0v) is 12.1. The maximum absolute atomic E-state index is 12.0. The van der Waals surface area contributed by atoms with E-state index in [9.17, 15) is 4.79 Å². The van der Waals surface area contributed by atoms with Crippen molar-refractivity contribution < 1.29 is 9.53 Å². The Morgan fingerprint density at radius 1 is 1.14 bits per heavy atom. The first-order valence-corrected chi connectivity index (χ1v) is 6.64. The van der Waals surface area contributed by atoms with Gasteiger partial charge in [0.15, 0.2) is 0 Å². The zero-order chi connectivity index (χ0) is 15.2. The number of urea groups is 1. The standard InChI is InChI=1S/C16H19N3O2/c1-11-3-6-13(7-4-11)18-16(20)19-14-8-5-12(10-17)9-15(14)21-2/h3-9H,10,17H2,1-2H3,(H2,18,19,20). The van der Waals surface area contributed by atoms with Gasteiger partial charge in [0.25, 0.3) is 0 Å². The topological polar surface area (TPSA) is 76.4 Å². The molecule has 0 aliphatic carbocycles. The second-order valence-corrected chi connectivity index (χ2v) is 4.68. The Labute approximate surface area is 124 Å². The molecule has 2 amide bonds. The largest absolute Gasteiger partial charge is 0.495 e. The fourth-order valence-electron chi connectivity index (χ4n) is 1.89. The molecule has 2 aromatic carbocycles. The van der Waals surface area contributed by atoms with Crippen LogP contribution in [0.15, 0.2) is 42.5 Å². The lowest BCUT2D eigenvalue weighted by molar-refractivity contribution is 0.262. The Bertz CT molecular complexity index is 624. The number of hydrogen-bond acceptors (Lipinski definition) is 3. The quantitative estimate of drug-likeness (QED) is 0.808. The van der Waals surface area contributed by atoms with Gasteiger partial charge >= 0.3 is 6.03 Å². The van der Waals surface area contributed by atoms with Gasteiger partial charge in [-0.05, 0) is 36.8 Å². The van der Waals surface area contributed by atoms with Crippen LogP contribution in [-0.4, -0.2) is 13.1 Å². The van der Waals surface area contributed by atoms with Crippen LogP contribution in [0.25, 0.3) is 0 Å². The highest BCUT2D eigenvalue weighted by Crippen LogP contribution is 2.25. The molecule has 0 radical (unpaired) electrons. The summed E-state index contributed by atoms with van der Waals surface area (Å²) in [7, 11) is 1.55. The van der Waals surface area contributed by atoms with Gasteiger partial charge in [-0.2, -0.15) is 0 Å². The number of aryl methyl sites for hydroxylation is 1. The Kier molecular flexibility index (Phi) is 4.79. The highest BCUT2D eigenvalue weighted by molar-refractivity contribution is 6.00. The van der Waals surface area contributed by atoms with Crippen LogP contribution in [0, 0.1) is 6.92 Å². The summed E-state index contributed by atoms with van der Waals surface area (Å²) in [5.74, 6) is 0.581. The van der Waals surface area contributed by atoms with Crippen molar-refractivity contribution in [3.63, 3.8) is 0 Å². The van der Waals surface area contributed by atoms with Crippen LogP contribution < -0.4 is 21.1 Å². The highest BCUT2D eigenvalue weighted by Gasteiger charge is 2.08. The molecule has 0 aromatic heterocycles. The maximum atomic E-state index is 12.0. The normalized spacial score (nSPS) is 10.0. The minimum atomic E-state index is -0.322. The van der Waals surface area contributed by atoms with Gasteiger partial charge in [0, 0.05) is 12.2 Å². The van der Waals surface area contributed by atoms with E-state index in [2.05, 4.69) is 10.6 Å². The van der Waals surface area contributed by atoms with Gasteiger partial charge in [-0.3, -0.25) is 0 Å². The molecule has 2 rings (SSSR count). The van der Waals surface area contributed by atoms with Crippen molar-refractivity contribution in [2.45, 2.75) is 13.5 Å². The van der Waals surface area contributed by atoms with Gasteiger partial charge in [0.1, 0.15) is 5.75 Å². The van der Waals surface area contributed by atoms with Crippen LogP contribution in [0.4, 0.5) is 16.2 Å². The van der Waals surface area contributed by atoms with Crippen molar-refractivity contribution >= 4 is 17.4 Å². The van der Waals surface area contributed by atoms with E-state index in [-0.39, 0.29) is 6.03 Å². The number of carbonyl (C=O) groups is 1. The number of rotatable bonds is 4. The summed E-state index contributed by atoms with van der Waals surface area (Å²) in [5.41, 5.74) is 8.99. The summed E-state index contributed by atoms with van der Waals surface area (Å²) >= 11 is 0. The minimum absolute atomic E-state index is 0.322. The molecule has 0 saturated carbocycles. The smallest absolute Gasteiger partial charge is 0.323 e. The Morgan fingerprint density at radius 2 is 1.86 bits per heavy atom. The summed E-state index contributed by atoms with van der Waals surface area (Å²) in [6.07, 6.45) is 0. The Morgan fingerprint density at radius 3 is 2.48 bits per heavy atom. The fourth-order valence-corrected chi connectivity index (χ4v) is 1.89. The molecule has 0 unspecified atom stereocenters. The number of benzene rings is 2. The van der Waals surface area contributed by atoms with Crippen molar-refractivity contribution in [1.82, 2.24) is 0 Å². The van der Waals surface area contributed by atoms with Crippen molar-refractivity contribution in [3.8, 4) is 5.75 Å². The fraction of sp³-hybridized carbons (Fsp3) is 0.188. The molecule has 0 spiro atoms. The van der Waals surface area contributed by atoms with Crippen LogP contribution in [0.1, 0.15) is 11.1 Å². The molecule has 21 heavy (non-hydrogen) atoms. The summed E-state index contributed by atoms with van der Waals surface area (Å²) in [4.78, 5) is 12.0. The molecular formula is C16H19N3O2. The first kappa shape index (κ1) is 14.9. The van der Waals surface area contributed by atoms with E-state index in [0.717, 1.165) is 16.8 Å². The molecule has 0 bridgehead atoms. The molecule has 5 nitrogen and oxygen atoms in total. The van der Waals surface area contributed by atoms with E-state index in [1.807, 2.05) is 43.3 Å². The first-order chi connectivity index (χ1) is 10.1. The number of carbonyl (C=O) groups excluding carboxylic acids is 1. The van der Waals surface area contributed by atoms with E-state index >= 15 is 0 Å². The van der Waals surface area contributed by atoms with Crippen molar-refractivity contribution in [3.05, 3.63) is 53.6 Å². The van der Waals surface area contributed by atoms with Crippen LogP contribution in [0.2, 0.25) is 0 Å². The number of methoxy groups -OCH3 is 1. The van der Waals surface area contributed by atoms with Crippen LogP contribution in [0.3, 0.4) is 0 Å². The molecule has 0 atom stereocenters. The third kappa shape index (κ3) is 3.97.